The fourth-order valence-electron chi connectivity index (χ4n) is 1.51. The van der Waals surface area contributed by atoms with E-state index in [0.29, 0.717) is 0 Å². The van der Waals surface area contributed by atoms with Gasteiger partial charge in [-0.3, -0.25) is 0 Å². The fourth-order valence-corrected chi connectivity index (χ4v) is 1.51. The monoisotopic (exact) mass is 195 g/mol. The Balaban J connectivity index is 2.59. The maximum atomic E-state index is 9.61. The van der Waals surface area contributed by atoms with Crippen LogP contribution in [0.2, 0.25) is 0 Å². The average Bonchev–Trinajstić information content (AvgIpc) is 2.02. The van der Waals surface area contributed by atoms with Gasteiger partial charge in [-0.05, 0) is 12.5 Å². The molecule has 0 aliphatic rings. The first kappa shape index (κ1) is 11.2. The summed E-state index contributed by atoms with van der Waals surface area (Å²) < 4.78 is 0. The van der Waals surface area contributed by atoms with E-state index in [2.05, 4.69) is 0 Å². The Morgan fingerprint density at radius 3 is 2.36 bits per heavy atom. The first-order chi connectivity index (χ1) is 6.49. The molecule has 1 aromatic carbocycles. The van der Waals surface area contributed by atoms with Crippen LogP contribution in [0.25, 0.3) is 0 Å². The van der Waals surface area contributed by atoms with Crippen LogP contribution in [0, 0.1) is 0 Å². The first-order valence-electron chi connectivity index (χ1n) is 4.74. The van der Waals surface area contributed by atoms with Crippen LogP contribution in [0.5, 0.6) is 0 Å². The van der Waals surface area contributed by atoms with Gasteiger partial charge in [-0.2, -0.15) is 0 Å². The van der Waals surface area contributed by atoms with Crippen LogP contribution in [0.1, 0.15) is 18.9 Å². The summed E-state index contributed by atoms with van der Waals surface area (Å²) in [4.78, 5) is 0. The molecule has 0 aliphatic heterocycles. The molecule has 0 fully saturated rings. The molecule has 3 heteroatoms. The molecule has 4 N–H and O–H groups in total. The lowest BCUT2D eigenvalue weighted by atomic mass is 9.99. The van der Waals surface area contributed by atoms with Crippen molar-refractivity contribution in [2.75, 3.05) is 0 Å². The molecule has 0 saturated heterocycles. The molecule has 1 atom stereocenters. The van der Waals surface area contributed by atoms with Gasteiger partial charge in [0.15, 0.2) is 5.79 Å². The highest BCUT2D eigenvalue weighted by Gasteiger charge is 2.24. The Morgan fingerprint density at radius 2 is 1.86 bits per heavy atom. The Hall–Kier alpha value is -0.900. The zero-order valence-electron chi connectivity index (χ0n) is 8.35. The minimum absolute atomic E-state index is 0.182. The summed E-state index contributed by atoms with van der Waals surface area (Å²) in [6, 6.07) is 9.15. The number of rotatable bonds is 4. The van der Waals surface area contributed by atoms with Crippen LogP contribution in [-0.2, 0) is 6.42 Å². The van der Waals surface area contributed by atoms with Crippen LogP contribution >= 0.6 is 0 Å². The van der Waals surface area contributed by atoms with E-state index in [9.17, 15) is 10.2 Å². The lowest BCUT2D eigenvalue weighted by molar-refractivity contribution is -0.166. The Morgan fingerprint density at radius 1 is 1.29 bits per heavy atom. The topological polar surface area (TPSA) is 66.5 Å². The molecule has 1 rings (SSSR count). The second kappa shape index (κ2) is 4.55. The molecule has 0 aliphatic carbocycles. The van der Waals surface area contributed by atoms with Crippen LogP contribution in [0.3, 0.4) is 0 Å². The lowest BCUT2D eigenvalue weighted by Crippen LogP contribution is -2.37. The smallest absolute Gasteiger partial charge is 0.168 e. The zero-order chi connectivity index (χ0) is 10.6. The lowest BCUT2D eigenvalue weighted by Gasteiger charge is -2.23. The summed E-state index contributed by atoms with van der Waals surface area (Å²) in [5.74, 6) is -1.70. The first-order valence-corrected chi connectivity index (χ1v) is 4.74. The second-order valence-electron chi connectivity index (χ2n) is 3.83. The summed E-state index contributed by atoms with van der Waals surface area (Å²) in [6.45, 7) is 1.76. The molecule has 0 bridgehead atoms. The van der Waals surface area contributed by atoms with Crippen molar-refractivity contribution in [1.29, 1.82) is 0 Å². The van der Waals surface area contributed by atoms with E-state index in [1.807, 2.05) is 30.3 Å². The summed E-state index contributed by atoms with van der Waals surface area (Å²) in [6.07, 6.45) is 0.400. The third kappa shape index (κ3) is 3.87. The minimum atomic E-state index is -1.70. The van der Waals surface area contributed by atoms with E-state index in [1.165, 1.54) is 0 Å². The molecule has 0 radical (unpaired) electrons. The number of benzene rings is 1. The van der Waals surface area contributed by atoms with Gasteiger partial charge in [-0.1, -0.05) is 30.3 Å². The molecule has 0 aromatic heterocycles. The van der Waals surface area contributed by atoms with Crippen molar-refractivity contribution < 1.29 is 10.2 Å². The van der Waals surface area contributed by atoms with E-state index in [4.69, 9.17) is 5.73 Å². The van der Waals surface area contributed by atoms with Crippen LogP contribution < -0.4 is 5.73 Å². The van der Waals surface area contributed by atoms with Gasteiger partial charge in [0, 0.05) is 18.9 Å². The highest BCUT2D eigenvalue weighted by Crippen LogP contribution is 2.15. The van der Waals surface area contributed by atoms with E-state index in [-0.39, 0.29) is 18.9 Å². The van der Waals surface area contributed by atoms with Crippen molar-refractivity contribution in [2.24, 2.45) is 5.73 Å². The zero-order valence-corrected chi connectivity index (χ0v) is 8.35. The molecule has 0 spiro atoms. The van der Waals surface area contributed by atoms with Crippen LogP contribution in [0.15, 0.2) is 30.3 Å². The highest BCUT2D eigenvalue weighted by molar-refractivity contribution is 5.16. The summed E-state index contributed by atoms with van der Waals surface area (Å²) in [5, 5.41) is 19.2. The third-order valence-corrected chi connectivity index (χ3v) is 1.98. The van der Waals surface area contributed by atoms with Gasteiger partial charge in [-0.15, -0.1) is 0 Å². The van der Waals surface area contributed by atoms with Crippen LogP contribution in [-0.4, -0.2) is 22.0 Å². The molecular weight excluding hydrogens is 178 g/mol. The maximum Gasteiger partial charge on any atom is 0.168 e. The van der Waals surface area contributed by atoms with Gasteiger partial charge >= 0.3 is 0 Å². The van der Waals surface area contributed by atoms with E-state index in [0.717, 1.165) is 5.56 Å². The normalized spacial score (nSPS) is 14.0. The molecule has 78 valence electrons. The maximum absolute atomic E-state index is 9.61. The highest BCUT2D eigenvalue weighted by atomic mass is 16.5. The van der Waals surface area contributed by atoms with Crippen molar-refractivity contribution in [3.05, 3.63) is 35.9 Å². The SMILES string of the molecule is C[C@@H](N)CC(O)(O)Cc1ccccc1. The summed E-state index contributed by atoms with van der Waals surface area (Å²) >= 11 is 0. The van der Waals surface area contributed by atoms with Crippen molar-refractivity contribution in [3.63, 3.8) is 0 Å². The van der Waals surface area contributed by atoms with Gasteiger partial charge in [0.25, 0.3) is 0 Å². The average molecular weight is 195 g/mol. The van der Waals surface area contributed by atoms with Gasteiger partial charge < -0.3 is 15.9 Å². The number of hydrogen-bond acceptors (Lipinski definition) is 3. The van der Waals surface area contributed by atoms with E-state index < -0.39 is 5.79 Å². The van der Waals surface area contributed by atoms with Crippen molar-refractivity contribution >= 4 is 0 Å². The Kier molecular flexibility index (Phi) is 3.63. The van der Waals surface area contributed by atoms with Crippen molar-refractivity contribution in [3.8, 4) is 0 Å². The molecule has 0 saturated carbocycles. The number of nitrogens with two attached hydrogens (primary N) is 1. The predicted octanol–water partition coefficient (Wildman–Crippen LogP) is 0.647. The summed E-state index contributed by atoms with van der Waals surface area (Å²) in [5.41, 5.74) is 6.41. The molecule has 14 heavy (non-hydrogen) atoms. The molecular formula is C11H17NO2. The number of hydrogen-bond donors (Lipinski definition) is 3. The minimum Gasteiger partial charge on any atom is -0.365 e. The van der Waals surface area contributed by atoms with Gasteiger partial charge in [0.05, 0.1) is 0 Å². The number of aliphatic hydroxyl groups is 2. The summed E-state index contributed by atoms with van der Waals surface area (Å²) in [7, 11) is 0. The predicted molar refractivity (Wildman–Crippen MR) is 55.6 cm³/mol. The van der Waals surface area contributed by atoms with E-state index >= 15 is 0 Å². The van der Waals surface area contributed by atoms with Crippen molar-refractivity contribution in [2.45, 2.75) is 31.6 Å². The van der Waals surface area contributed by atoms with Gasteiger partial charge in [0.1, 0.15) is 0 Å². The van der Waals surface area contributed by atoms with E-state index in [1.54, 1.807) is 6.92 Å². The Bertz CT molecular complexity index is 270. The standard InChI is InChI=1S/C11H17NO2/c1-9(12)7-11(13,14)8-10-5-3-2-4-6-10/h2-6,9,13-14H,7-8,12H2,1H3/t9-/m1/s1. The second-order valence-corrected chi connectivity index (χ2v) is 3.83. The molecule has 1 aromatic rings. The largest absolute Gasteiger partial charge is 0.365 e. The fraction of sp³-hybridized carbons (Fsp3) is 0.455. The molecule has 0 unspecified atom stereocenters. The Labute approximate surface area is 84.2 Å². The van der Waals surface area contributed by atoms with Crippen LogP contribution in [0.4, 0.5) is 0 Å². The third-order valence-electron chi connectivity index (χ3n) is 1.98. The molecule has 0 heterocycles. The molecule has 3 nitrogen and oxygen atoms in total. The molecule has 0 amide bonds. The quantitative estimate of drug-likeness (QED) is 0.618. The van der Waals surface area contributed by atoms with Gasteiger partial charge in [0.2, 0.25) is 0 Å². The van der Waals surface area contributed by atoms with Gasteiger partial charge in [-0.25, -0.2) is 0 Å². The van der Waals surface area contributed by atoms with Crippen molar-refractivity contribution in [1.82, 2.24) is 0 Å².